The van der Waals surface area contributed by atoms with Gasteiger partial charge in [0.1, 0.15) is 17.1 Å². The van der Waals surface area contributed by atoms with E-state index >= 15 is 0 Å². The van der Waals surface area contributed by atoms with E-state index in [2.05, 4.69) is 45.0 Å². The van der Waals surface area contributed by atoms with Gasteiger partial charge >= 0.3 is 0 Å². The van der Waals surface area contributed by atoms with Crippen LogP contribution in [0.2, 0.25) is 0 Å². The van der Waals surface area contributed by atoms with E-state index in [9.17, 15) is 0 Å². The van der Waals surface area contributed by atoms with Crippen LogP contribution in [0.4, 0.5) is 0 Å². The molecule has 0 aliphatic carbocycles. The second kappa shape index (κ2) is 6.76. The maximum atomic E-state index is 5.50. The molecule has 132 valence electrons. The van der Waals surface area contributed by atoms with Crippen LogP contribution in [0.25, 0.3) is 27.8 Å². The number of H-pyrrole nitrogens is 1. The summed E-state index contributed by atoms with van der Waals surface area (Å²) in [6, 6.07) is 10.2. The topological polar surface area (TPSA) is 68.6 Å². The van der Waals surface area contributed by atoms with Crippen LogP contribution in [0.1, 0.15) is 18.3 Å². The number of hydrogen-bond donors (Lipinski definition) is 1. The third kappa shape index (κ3) is 2.90. The van der Waals surface area contributed by atoms with E-state index < -0.39 is 0 Å². The molecular formula is C19H19N5OS. The van der Waals surface area contributed by atoms with Gasteiger partial charge in [-0.25, -0.2) is 10.1 Å². The Morgan fingerprint density at radius 1 is 1.19 bits per heavy atom. The zero-order chi connectivity index (χ0) is 18.1. The van der Waals surface area contributed by atoms with Gasteiger partial charge in [0.05, 0.1) is 12.3 Å². The number of aromatic amines is 1. The average molecular weight is 365 g/mol. The fraction of sp³-hybridized carbons (Fsp3) is 0.211. The minimum Gasteiger partial charge on any atom is -0.494 e. The smallest absolute Gasteiger partial charge is 0.229 e. The van der Waals surface area contributed by atoms with Crippen LogP contribution in [0.3, 0.4) is 0 Å². The molecule has 4 aromatic rings. The molecule has 0 fully saturated rings. The highest BCUT2D eigenvalue weighted by Crippen LogP contribution is 2.33. The average Bonchev–Trinajstić information content (AvgIpc) is 3.37. The van der Waals surface area contributed by atoms with Crippen LogP contribution in [-0.2, 0) is 0 Å². The lowest BCUT2D eigenvalue weighted by Crippen LogP contribution is -2.01. The second-order valence-corrected chi connectivity index (χ2v) is 6.78. The van der Waals surface area contributed by atoms with Crippen molar-refractivity contribution in [2.75, 3.05) is 6.61 Å². The van der Waals surface area contributed by atoms with Crippen molar-refractivity contribution in [2.24, 2.45) is 0 Å². The van der Waals surface area contributed by atoms with Crippen molar-refractivity contribution in [3.05, 3.63) is 53.4 Å². The number of aromatic nitrogens is 5. The van der Waals surface area contributed by atoms with Crippen molar-refractivity contribution < 1.29 is 4.74 Å². The van der Waals surface area contributed by atoms with Crippen LogP contribution in [0.5, 0.6) is 5.75 Å². The zero-order valence-corrected chi connectivity index (χ0v) is 15.7. The first-order valence-corrected chi connectivity index (χ1v) is 9.29. The number of ether oxygens (including phenoxy) is 1. The zero-order valence-electron chi connectivity index (χ0n) is 14.9. The monoisotopic (exact) mass is 365 g/mol. The molecule has 1 aromatic carbocycles. The first kappa shape index (κ1) is 16.5. The summed E-state index contributed by atoms with van der Waals surface area (Å²) in [6.07, 6.45) is 1.51. The lowest BCUT2D eigenvalue weighted by Gasteiger charge is -2.04. The van der Waals surface area contributed by atoms with Gasteiger partial charge in [0.25, 0.3) is 0 Å². The van der Waals surface area contributed by atoms with Gasteiger partial charge in [-0.2, -0.15) is 10.1 Å². The summed E-state index contributed by atoms with van der Waals surface area (Å²) in [5.74, 6) is 1.59. The molecule has 0 amide bonds. The van der Waals surface area contributed by atoms with Gasteiger partial charge in [-0.3, -0.25) is 4.57 Å². The lowest BCUT2D eigenvalue weighted by molar-refractivity contribution is 0.340. The molecule has 0 spiro atoms. The van der Waals surface area contributed by atoms with Crippen molar-refractivity contribution >= 4 is 11.3 Å². The summed E-state index contributed by atoms with van der Waals surface area (Å²) >= 11 is 1.64. The Morgan fingerprint density at radius 3 is 2.69 bits per heavy atom. The number of thiazole rings is 1. The molecule has 0 saturated carbocycles. The summed E-state index contributed by atoms with van der Waals surface area (Å²) in [7, 11) is 0. The number of rotatable bonds is 5. The molecule has 26 heavy (non-hydrogen) atoms. The number of nitrogens with zero attached hydrogens (tertiary/aromatic N) is 4. The molecule has 0 atom stereocenters. The Morgan fingerprint density at radius 2 is 2.00 bits per heavy atom. The van der Waals surface area contributed by atoms with E-state index in [0.29, 0.717) is 12.6 Å². The van der Waals surface area contributed by atoms with Crippen LogP contribution in [0.15, 0.2) is 42.0 Å². The number of hydrogen-bond acceptors (Lipinski definition) is 5. The van der Waals surface area contributed by atoms with E-state index in [1.807, 2.05) is 31.2 Å². The quantitative estimate of drug-likeness (QED) is 0.569. The van der Waals surface area contributed by atoms with E-state index in [-0.39, 0.29) is 0 Å². The van der Waals surface area contributed by atoms with Gasteiger partial charge in [-0.1, -0.05) is 0 Å². The van der Waals surface area contributed by atoms with Gasteiger partial charge in [-0.05, 0) is 51.1 Å². The van der Waals surface area contributed by atoms with Crippen molar-refractivity contribution in [3.8, 4) is 33.5 Å². The molecule has 3 heterocycles. The maximum Gasteiger partial charge on any atom is 0.229 e. The van der Waals surface area contributed by atoms with Crippen LogP contribution in [0, 0.1) is 13.8 Å². The Balaban J connectivity index is 1.67. The molecule has 1 N–H and O–H groups in total. The minimum atomic E-state index is 0.668. The fourth-order valence-electron chi connectivity index (χ4n) is 3.05. The molecule has 0 unspecified atom stereocenters. The summed E-state index contributed by atoms with van der Waals surface area (Å²) in [5.41, 5.74) is 5.34. The molecule has 0 saturated heterocycles. The van der Waals surface area contributed by atoms with E-state index in [1.54, 1.807) is 11.3 Å². The Hall–Kier alpha value is -2.93. The molecule has 0 aliphatic heterocycles. The van der Waals surface area contributed by atoms with Crippen molar-refractivity contribution in [3.63, 3.8) is 0 Å². The van der Waals surface area contributed by atoms with Crippen LogP contribution in [-0.4, -0.2) is 31.3 Å². The van der Waals surface area contributed by atoms with Crippen LogP contribution < -0.4 is 4.74 Å². The molecular weight excluding hydrogens is 346 g/mol. The molecule has 6 nitrogen and oxygen atoms in total. The highest BCUT2D eigenvalue weighted by atomic mass is 32.1. The second-order valence-electron chi connectivity index (χ2n) is 5.92. The van der Waals surface area contributed by atoms with Gasteiger partial charge in [-0.15, -0.1) is 11.3 Å². The standard InChI is InChI=1S/C19H19N5OS/c1-4-25-15-7-5-14(6-8-15)18-22-17(10-26-18)16-9-12(2)24(13(16)3)19-20-11-21-23-19/h5-11H,4H2,1-3H3,(H,20,21,23). The number of aryl methyl sites for hydroxylation is 1. The van der Waals surface area contributed by atoms with Gasteiger partial charge in [0, 0.05) is 27.9 Å². The van der Waals surface area contributed by atoms with Crippen LogP contribution >= 0.6 is 11.3 Å². The Labute approximate surface area is 155 Å². The van der Waals surface area contributed by atoms with Crippen molar-refractivity contribution in [1.82, 2.24) is 24.7 Å². The van der Waals surface area contributed by atoms with E-state index in [0.717, 1.165) is 39.0 Å². The minimum absolute atomic E-state index is 0.668. The highest BCUT2D eigenvalue weighted by molar-refractivity contribution is 7.13. The Kier molecular flexibility index (Phi) is 4.30. The van der Waals surface area contributed by atoms with E-state index in [1.165, 1.54) is 6.33 Å². The third-order valence-electron chi connectivity index (χ3n) is 4.24. The number of benzene rings is 1. The summed E-state index contributed by atoms with van der Waals surface area (Å²) < 4.78 is 7.56. The normalized spacial score (nSPS) is 11.0. The summed E-state index contributed by atoms with van der Waals surface area (Å²) in [6.45, 7) is 6.78. The molecule has 0 aliphatic rings. The third-order valence-corrected chi connectivity index (χ3v) is 5.13. The highest BCUT2D eigenvalue weighted by Gasteiger charge is 2.16. The molecule has 3 aromatic heterocycles. The molecule has 0 bridgehead atoms. The fourth-order valence-corrected chi connectivity index (χ4v) is 3.87. The molecule has 7 heteroatoms. The molecule has 0 radical (unpaired) electrons. The lowest BCUT2D eigenvalue weighted by atomic mass is 10.2. The number of nitrogens with one attached hydrogen (secondary N) is 1. The maximum absolute atomic E-state index is 5.50. The van der Waals surface area contributed by atoms with Crippen molar-refractivity contribution in [2.45, 2.75) is 20.8 Å². The SMILES string of the molecule is CCOc1ccc(-c2nc(-c3cc(C)n(-c4ncn[nH]4)c3C)cs2)cc1. The summed E-state index contributed by atoms with van der Waals surface area (Å²) in [5, 5.41) is 9.95. The molecule has 4 rings (SSSR count). The first-order valence-electron chi connectivity index (χ1n) is 8.41. The predicted molar refractivity (Wildman–Crippen MR) is 103 cm³/mol. The van der Waals surface area contributed by atoms with E-state index in [4.69, 9.17) is 9.72 Å². The van der Waals surface area contributed by atoms with Gasteiger partial charge in [0.15, 0.2) is 0 Å². The summed E-state index contributed by atoms with van der Waals surface area (Å²) in [4.78, 5) is 9.10. The predicted octanol–water partition coefficient (Wildman–Crippen LogP) is 4.40. The van der Waals surface area contributed by atoms with Gasteiger partial charge in [0.2, 0.25) is 5.95 Å². The van der Waals surface area contributed by atoms with Crippen molar-refractivity contribution in [1.29, 1.82) is 0 Å². The first-order chi connectivity index (χ1) is 12.7. The largest absolute Gasteiger partial charge is 0.494 e. The van der Waals surface area contributed by atoms with Gasteiger partial charge < -0.3 is 4.74 Å². The Bertz CT molecular complexity index is 1020.